The van der Waals surface area contributed by atoms with Crippen molar-refractivity contribution in [1.82, 2.24) is 10.6 Å². The molecule has 1 rings (SSSR count). The maximum absolute atomic E-state index is 12.4. The second kappa shape index (κ2) is 6.89. The van der Waals surface area contributed by atoms with Crippen molar-refractivity contribution in [1.29, 1.82) is 0 Å². The Morgan fingerprint density at radius 3 is 2.65 bits per heavy atom. The van der Waals surface area contributed by atoms with Gasteiger partial charge in [-0.3, -0.25) is 9.59 Å². The predicted octanol–water partition coefficient (Wildman–Crippen LogP) is -0.433. The molecule has 116 valence electrons. The highest BCUT2D eigenvalue weighted by molar-refractivity contribution is 6.01. The Balaban J connectivity index is 2.57. The van der Waals surface area contributed by atoms with E-state index in [4.69, 9.17) is 9.84 Å². The van der Waals surface area contributed by atoms with Crippen molar-refractivity contribution in [3.05, 3.63) is 0 Å². The zero-order valence-corrected chi connectivity index (χ0v) is 10.9. The van der Waals surface area contributed by atoms with Crippen LogP contribution in [-0.4, -0.2) is 55.5 Å². The molecule has 3 atom stereocenters. The van der Waals surface area contributed by atoms with Crippen LogP contribution in [0.15, 0.2) is 0 Å². The van der Waals surface area contributed by atoms with Gasteiger partial charge in [0.15, 0.2) is 0 Å². The van der Waals surface area contributed by atoms with Crippen molar-refractivity contribution in [3.8, 4) is 0 Å². The third kappa shape index (κ3) is 4.34. The summed E-state index contributed by atoms with van der Waals surface area (Å²) >= 11 is 0. The highest BCUT2D eigenvalue weighted by atomic mass is 19.4. The molecule has 1 fully saturated rings. The number of hydrogen-bond donors (Lipinski definition) is 3. The summed E-state index contributed by atoms with van der Waals surface area (Å²) in [4.78, 5) is 23.3. The van der Waals surface area contributed by atoms with E-state index < -0.39 is 36.0 Å². The van der Waals surface area contributed by atoms with E-state index in [0.29, 0.717) is 0 Å². The number of hydrogen-bond acceptors (Lipinski definition) is 4. The molecule has 9 heteroatoms. The van der Waals surface area contributed by atoms with Gasteiger partial charge in [0.25, 0.3) is 0 Å². The molecular weight excluding hydrogens is 281 g/mol. The molecule has 0 saturated carbocycles. The summed E-state index contributed by atoms with van der Waals surface area (Å²) in [6.45, 7) is -0.346. The summed E-state index contributed by atoms with van der Waals surface area (Å²) < 4.78 is 42.1. The van der Waals surface area contributed by atoms with Crippen LogP contribution in [0.5, 0.6) is 0 Å². The number of methoxy groups -OCH3 is 1. The van der Waals surface area contributed by atoms with Crippen LogP contribution in [-0.2, 0) is 14.3 Å². The Kier molecular flexibility index (Phi) is 5.75. The number of alkyl halides is 3. The van der Waals surface area contributed by atoms with Gasteiger partial charge >= 0.3 is 6.18 Å². The number of rotatable bonds is 5. The quantitative estimate of drug-likeness (QED) is 0.601. The van der Waals surface area contributed by atoms with Gasteiger partial charge in [-0.05, 0) is 12.8 Å². The first-order valence-electron chi connectivity index (χ1n) is 6.06. The molecule has 2 unspecified atom stereocenters. The van der Waals surface area contributed by atoms with Gasteiger partial charge in [-0.25, -0.2) is 0 Å². The third-order valence-corrected chi connectivity index (χ3v) is 3.02. The fourth-order valence-electron chi connectivity index (χ4n) is 1.95. The molecule has 1 heterocycles. The van der Waals surface area contributed by atoms with Crippen molar-refractivity contribution in [3.63, 3.8) is 0 Å². The summed E-state index contributed by atoms with van der Waals surface area (Å²) in [5.41, 5.74) is 0. The van der Waals surface area contributed by atoms with Crippen LogP contribution in [0.1, 0.15) is 12.8 Å². The van der Waals surface area contributed by atoms with Crippen LogP contribution >= 0.6 is 0 Å². The highest BCUT2D eigenvalue weighted by Gasteiger charge is 2.46. The summed E-state index contributed by atoms with van der Waals surface area (Å²) in [6.07, 6.45) is -5.05. The number of carbonyl (C=O) groups is 2. The van der Waals surface area contributed by atoms with E-state index in [-0.39, 0.29) is 26.1 Å². The molecule has 1 aliphatic rings. The van der Waals surface area contributed by atoms with Gasteiger partial charge in [-0.2, -0.15) is 13.2 Å². The predicted molar refractivity (Wildman–Crippen MR) is 61.6 cm³/mol. The first-order valence-corrected chi connectivity index (χ1v) is 6.06. The number of carbonyl (C=O) groups excluding carboxylic acids is 2. The molecule has 0 aromatic carbocycles. The molecule has 1 saturated heterocycles. The number of ether oxygens (including phenoxy) is 1. The lowest BCUT2D eigenvalue weighted by Gasteiger charge is -2.30. The Hall–Kier alpha value is -1.35. The maximum Gasteiger partial charge on any atom is 0.408 e. The second-order valence-electron chi connectivity index (χ2n) is 4.58. The Morgan fingerprint density at radius 1 is 1.55 bits per heavy atom. The average molecular weight is 298 g/mol. The van der Waals surface area contributed by atoms with Crippen molar-refractivity contribution >= 4 is 11.8 Å². The van der Waals surface area contributed by atoms with Gasteiger partial charge in [0.2, 0.25) is 11.8 Å². The van der Waals surface area contributed by atoms with Crippen LogP contribution in [0, 0.1) is 5.92 Å². The minimum atomic E-state index is -4.51. The van der Waals surface area contributed by atoms with E-state index in [1.54, 1.807) is 5.32 Å². The van der Waals surface area contributed by atoms with E-state index in [1.807, 2.05) is 0 Å². The molecule has 20 heavy (non-hydrogen) atoms. The molecule has 6 nitrogen and oxygen atoms in total. The molecule has 0 spiro atoms. The van der Waals surface area contributed by atoms with Crippen LogP contribution in [0.3, 0.4) is 0 Å². The Labute approximate surface area is 113 Å². The van der Waals surface area contributed by atoms with Gasteiger partial charge in [0.05, 0.1) is 19.3 Å². The van der Waals surface area contributed by atoms with Gasteiger partial charge in [-0.15, -0.1) is 0 Å². The summed E-state index contributed by atoms with van der Waals surface area (Å²) in [5, 5.41) is 13.1. The Bertz CT molecular complexity index is 362. The summed E-state index contributed by atoms with van der Waals surface area (Å²) in [7, 11) is 1.37. The Morgan fingerprint density at radius 2 is 2.20 bits per heavy atom. The van der Waals surface area contributed by atoms with Gasteiger partial charge in [-0.1, -0.05) is 0 Å². The normalized spacial score (nSPS) is 24.9. The van der Waals surface area contributed by atoms with Gasteiger partial charge in [0, 0.05) is 7.11 Å². The van der Waals surface area contributed by atoms with Gasteiger partial charge < -0.3 is 20.5 Å². The lowest BCUT2D eigenvalue weighted by atomic mass is 9.92. The minimum absolute atomic E-state index is 0.0434. The zero-order valence-electron chi connectivity index (χ0n) is 10.9. The summed E-state index contributed by atoms with van der Waals surface area (Å²) in [5.74, 6) is -2.84. The number of nitrogens with one attached hydrogen (secondary N) is 2. The van der Waals surface area contributed by atoms with Crippen molar-refractivity contribution < 1.29 is 32.6 Å². The molecule has 3 N–H and O–H groups in total. The number of aliphatic hydroxyl groups excluding tert-OH is 1. The SMILES string of the molecule is COC[C@H](CO)NC(=O)C1CCC(C(F)(F)F)NC1=O. The summed E-state index contributed by atoms with van der Waals surface area (Å²) in [6, 6.07) is -2.60. The van der Waals surface area contributed by atoms with Crippen molar-refractivity contribution in [2.45, 2.75) is 31.1 Å². The number of halogens is 3. The maximum atomic E-state index is 12.4. The van der Waals surface area contributed by atoms with Crippen molar-refractivity contribution in [2.75, 3.05) is 20.3 Å². The molecule has 0 aromatic heterocycles. The van der Waals surface area contributed by atoms with Crippen LogP contribution in [0.2, 0.25) is 0 Å². The van der Waals surface area contributed by atoms with Crippen LogP contribution < -0.4 is 10.6 Å². The molecule has 0 radical (unpaired) electrons. The number of aliphatic hydroxyl groups is 1. The zero-order chi connectivity index (χ0) is 15.3. The van der Waals surface area contributed by atoms with E-state index in [2.05, 4.69) is 5.32 Å². The smallest absolute Gasteiger partial charge is 0.394 e. The average Bonchev–Trinajstić information content (AvgIpc) is 2.36. The topological polar surface area (TPSA) is 87.7 Å². The fourth-order valence-corrected chi connectivity index (χ4v) is 1.95. The lowest BCUT2D eigenvalue weighted by molar-refractivity contribution is -0.171. The van der Waals surface area contributed by atoms with Crippen molar-refractivity contribution in [2.24, 2.45) is 5.92 Å². The van der Waals surface area contributed by atoms with Gasteiger partial charge in [0.1, 0.15) is 12.0 Å². The molecule has 0 aliphatic carbocycles. The standard InChI is InChI=1S/C11H17F3N2O4/c1-20-5-6(4-17)15-9(18)7-2-3-8(11(12,13)14)16-10(7)19/h6-8,17H,2-5H2,1H3,(H,15,18)(H,16,19)/t6-,7?,8?/m0/s1. The monoisotopic (exact) mass is 298 g/mol. The van der Waals surface area contributed by atoms with E-state index in [0.717, 1.165) is 0 Å². The third-order valence-electron chi connectivity index (χ3n) is 3.02. The molecule has 0 aromatic rings. The fraction of sp³-hybridized carbons (Fsp3) is 0.818. The number of amides is 2. The number of piperidine rings is 1. The van der Waals surface area contributed by atoms with E-state index in [1.165, 1.54) is 7.11 Å². The largest absolute Gasteiger partial charge is 0.408 e. The van der Waals surface area contributed by atoms with Crippen LogP contribution in [0.4, 0.5) is 13.2 Å². The second-order valence-corrected chi connectivity index (χ2v) is 4.58. The highest BCUT2D eigenvalue weighted by Crippen LogP contribution is 2.28. The van der Waals surface area contributed by atoms with E-state index >= 15 is 0 Å². The molecule has 2 amide bonds. The van der Waals surface area contributed by atoms with E-state index in [9.17, 15) is 22.8 Å². The first-order chi connectivity index (χ1) is 9.29. The molecule has 0 bridgehead atoms. The molecule has 1 aliphatic heterocycles. The first kappa shape index (κ1) is 16.7. The molecular formula is C11H17F3N2O4. The minimum Gasteiger partial charge on any atom is -0.394 e. The lowest BCUT2D eigenvalue weighted by Crippen LogP contribution is -2.55. The van der Waals surface area contributed by atoms with Crippen LogP contribution in [0.25, 0.3) is 0 Å².